The number of unbranched alkanes of at least 4 members (excludes halogenated alkanes) is 5. The number of ketones is 1. The minimum Gasteiger partial charge on any atom is -0.308 e. The largest absolute Gasteiger partial charge is 0.308 e. The lowest BCUT2D eigenvalue weighted by Gasteiger charge is -2.26. The minimum atomic E-state index is -0.348. The van der Waals surface area contributed by atoms with Crippen LogP contribution in [0.5, 0.6) is 0 Å². The topological polar surface area (TPSA) is 46.2 Å². The molecule has 0 heterocycles. The number of carbonyl (C=O) groups excluding carboxylic acids is 2. The molecular weight excluding hydrogens is 286 g/mol. The Morgan fingerprint density at radius 2 is 1.43 bits per heavy atom. The summed E-state index contributed by atoms with van der Waals surface area (Å²) in [5.74, 6) is 0.435. The number of rotatable bonds is 12. The molecule has 140 valence electrons. The van der Waals surface area contributed by atoms with E-state index in [0.717, 1.165) is 32.0 Å². The van der Waals surface area contributed by atoms with Gasteiger partial charge in [0.1, 0.15) is 12.1 Å². The average Bonchev–Trinajstić information content (AvgIpc) is 2.59. The van der Waals surface area contributed by atoms with Crippen LogP contribution in [0.4, 0.5) is 0 Å². The van der Waals surface area contributed by atoms with E-state index in [9.17, 15) is 9.59 Å². The number of aldehydes is 1. The lowest BCUT2D eigenvalue weighted by atomic mass is 9.90. The smallest absolute Gasteiger partial charge is 0.149 e. The first-order valence-corrected chi connectivity index (χ1v) is 9.61. The minimum absolute atomic E-state index is 0.215. The molecule has 0 aliphatic rings. The molecular formula is C20H43NO2. The second-order valence-corrected chi connectivity index (χ2v) is 5.91. The fourth-order valence-corrected chi connectivity index (χ4v) is 2.20. The van der Waals surface area contributed by atoms with Crippen molar-refractivity contribution in [1.29, 1.82) is 0 Å². The third kappa shape index (κ3) is 16.0. The van der Waals surface area contributed by atoms with E-state index in [2.05, 4.69) is 5.32 Å². The van der Waals surface area contributed by atoms with Crippen molar-refractivity contribution in [1.82, 2.24) is 5.32 Å². The van der Waals surface area contributed by atoms with Crippen LogP contribution in [0.15, 0.2) is 0 Å². The predicted molar refractivity (Wildman–Crippen MR) is 103 cm³/mol. The van der Waals surface area contributed by atoms with Crippen molar-refractivity contribution in [2.75, 3.05) is 7.05 Å². The summed E-state index contributed by atoms with van der Waals surface area (Å²) in [4.78, 5) is 22.0. The van der Waals surface area contributed by atoms with Gasteiger partial charge in [-0.15, -0.1) is 0 Å². The Hall–Kier alpha value is -0.700. The van der Waals surface area contributed by atoms with Gasteiger partial charge < -0.3 is 10.1 Å². The fourth-order valence-electron chi connectivity index (χ4n) is 2.20. The van der Waals surface area contributed by atoms with E-state index >= 15 is 0 Å². The van der Waals surface area contributed by atoms with Crippen LogP contribution in [0.25, 0.3) is 0 Å². The van der Waals surface area contributed by atoms with Crippen molar-refractivity contribution in [3.8, 4) is 0 Å². The van der Waals surface area contributed by atoms with Crippen LogP contribution in [0.2, 0.25) is 0 Å². The molecule has 3 heteroatoms. The Morgan fingerprint density at radius 3 is 1.83 bits per heavy atom. The first-order chi connectivity index (χ1) is 11.0. The van der Waals surface area contributed by atoms with Crippen molar-refractivity contribution in [3.63, 3.8) is 0 Å². The molecule has 0 aromatic heterocycles. The third-order valence-electron chi connectivity index (χ3n) is 4.15. The monoisotopic (exact) mass is 329 g/mol. The number of likely N-dealkylation sites (N-methyl/N-ethyl adjacent to an activating group) is 1. The molecule has 0 unspecified atom stereocenters. The Kier molecular flexibility index (Phi) is 22.8. The molecule has 1 N–H and O–H groups in total. The van der Waals surface area contributed by atoms with Crippen LogP contribution in [0.3, 0.4) is 0 Å². The lowest BCUT2D eigenvalue weighted by molar-refractivity contribution is -0.122. The molecule has 0 radical (unpaired) electrons. The van der Waals surface area contributed by atoms with Gasteiger partial charge >= 0.3 is 0 Å². The summed E-state index contributed by atoms with van der Waals surface area (Å²) in [6.07, 6.45) is 10.1. The van der Waals surface area contributed by atoms with Gasteiger partial charge in [-0.25, -0.2) is 0 Å². The number of Topliss-reactive ketones (excluding diaryl/α,β-unsaturated/α-hetero) is 1. The average molecular weight is 330 g/mol. The summed E-state index contributed by atoms with van der Waals surface area (Å²) in [7, 11) is 1.86. The molecule has 0 aliphatic carbocycles. The van der Waals surface area contributed by atoms with Crippen LogP contribution in [-0.4, -0.2) is 24.7 Å². The molecule has 0 saturated heterocycles. The van der Waals surface area contributed by atoms with Crippen LogP contribution in [0.1, 0.15) is 99.8 Å². The third-order valence-corrected chi connectivity index (χ3v) is 4.15. The SMILES string of the molecule is CC.CC.CN[C@@](C)(CCCCCCCC[C@@H](C)C=O)C(C)=O. The molecule has 0 aromatic rings. The maximum Gasteiger partial charge on any atom is 0.149 e. The second kappa shape index (κ2) is 19.3. The lowest BCUT2D eigenvalue weighted by Crippen LogP contribution is -2.46. The zero-order chi connectivity index (χ0) is 18.7. The van der Waals surface area contributed by atoms with Gasteiger partial charge in [0, 0.05) is 5.92 Å². The van der Waals surface area contributed by atoms with Crippen molar-refractivity contribution in [3.05, 3.63) is 0 Å². The number of hydrogen-bond acceptors (Lipinski definition) is 3. The summed E-state index contributed by atoms with van der Waals surface area (Å²) >= 11 is 0. The Morgan fingerprint density at radius 1 is 1.00 bits per heavy atom. The molecule has 0 spiro atoms. The van der Waals surface area contributed by atoms with E-state index in [1.54, 1.807) is 6.92 Å². The van der Waals surface area contributed by atoms with E-state index < -0.39 is 0 Å². The summed E-state index contributed by atoms with van der Waals surface area (Å²) in [6, 6.07) is 0. The van der Waals surface area contributed by atoms with E-state index in [4.69, 9.17) is 0 Å². The summed E-state index contributed by atoms with van der Waals surface area (Å²) < 4.78 is 0. The Balaban J connectivity index is -0.000000919. The van der Waals surface area contributed by atoms with Crippen molar-refractivity contribution in [2.24, 2.45) is 5.92 Å². The molecule has 0 rings (SSSR count). The molecule has 0 amide bonds. The standard InChI is InChI=1S/C16H31NO2.2C2H6/c1-14(13-18)11-9-7-5-6-8-10-12-16(3,17-4)15(2)19;2*1-2/h13-14,17H,5-12H2,1-4H3;2*1-2H3/t14-,16+;;/m1../s1. The van der Waals surface area contributed by atoms with Gasteiger partial charge in [0.25, 0.3) is 0 Å². The Bertz CT molecular complexity index is 266. The molecule has 0 fully saturated rings. The quantitative estimate of drug-likeness (QED) is 0.376. The maximum atomic E-state index is 11.5. The van der Waals surface area contributed by atoms with Gasteiger partial charge in [-0.1, -0.05) is 73.1 Å². The molecule has 0 aromatic carbocycles. The molecule has 23 heavy (non-hydrogen) atoms. The van der Waals surface area contributed by atoms with Crippen molar-refractivity contribution < 1.29 is 9.59 Å². The molecule has 2 atom stereocenters. The molecule has 0 saturated carbocycles. The van der Waals surface area contributed by atoms with Gasteiger partial charge in [0.05, 0.1) is 5.54 Å². The van der Waals surface area contributed by atoms with E-state index in [-0.39, 0.29) is 17.2 Å². The van der Waals surface area contributed by atoms with Crippen LogP contribution in [-0.2, 0) is 9.59 Å². The Labute approximate surface area is 146 Å². The van der Waals surface area contributed by atoms with Crippen LogP contribution in [0, 0.1) is 5.92 Å². The van der Waals surface area contributed by atoms with Gasteiger partial charge in [-0.2, -0.15) is 0 Å². The highest BCUT2D eigenvalue weighted by molar-refractivity contribution is 5.85. The zero-order valence-corrected chi connectivity index (χ0v) is 17.1. The molecule has 0 bridgehead atoms. The first-order valence-electron chi connectivity index (χ1n) is 9.61. The summed E-state index contributed by atoms with van der Waals surface area (Å²) in [6.45, 7) is 13.6. The zero-order valence-electron chi connectivity index (χ0n) is 17.1. The fraction of sp³-hybridized carbons (Fsp3) is 0.900. The second-order valence-electron chi connectivity index (χ2n) is 5.91. The van der Waals surface area contributed by atoms with E-state index in [1.807, 2.05) is 48.6 Å². The van der Waals surface area contributed by atoms with Gasteiger partial charge in [-0.05, 0) is 33.7 Å². The molecule has 3 nitrogen and oxygen atoms in total. The van der Waals surface area contributed by atoms with Gasteiger partial charge in [0.2, 0.25) is 0 Å². The summed E-state index contributed by atoms with van der Waals surface area (Å²) in [5.41, 5.74) is -0.348. The van der Waals surface area contributed by atoms with Crippen LogP contribution < -0.4 is 5.32 Å². The van der Waals surface area contributed by atoms with E-state index in [1.165, 1.54) is 25.7 Å². The van der Waals surface area contributed by atoms with Crippen LogP contribution >= 0.6 is 0 Å². The number of nitrogens with one attached hydrogen (secondary N) is 1. The molecule has 0 aliphatic heterocycles. The van der Waals surface area contributed by atoms with E-state index in [0.29, 0.717) is 0 Å². The highest BCUT2D eigenvalue weighted by Gasteiger charge is 2.26. The van der Waals surface area contributed by atoms with Crippen molar-refractivity contribution in [2.45, 2.75) is 105 Å². The highest BCUT2D eigenvalue weighted by Crippen LogP contribution is 2.17. The first kappa shape index (κ1) is 27.2. The van der Waals surface area contributed by atoms with Crippen molar-refractivity contribution >= 4 is 12.1 Å². The highest BCUT2D eigenvalue weighted by atomic mass is 16.1. The van der Waals surface area contributed by atoms with Gasteiger partial charge in [0.15, 0.2) is 0 Å². The van der Waals surface area contributed by atoms with Gasteiger partial charge in [-0.3, -0.25) is 4.79 Å². The normalized spacial score (nSPS) is 13.6. The number of hydrogen-bond donors (Lipinski definition) is 1. The summed E-state index contributed by atoms with van der Waals surface area (Å²) in [5, 5.41) is 3.13. The predicted octanol–water partition coefficient (Wildman–Crippen LogP) is 5.56. The number of carbonyl (C=O) groups is 2. The maximum absolute atomic E-state index is 11.5.